The largest absolute Gasteiger partial charge is 0.497 e. The molecule has 10 nitrogen and oxygen atoms in total. The standard InChI is InChI=1S/C28H37NO9/c1-26(2,32)8-9-28(33,15-22(30)35-4)25(31)38-24-21(34-3)14-27-7-5-10-29(27)11-6-17-12-19-20(37-16-36-19)13-18(17)23(24)27/h12-14,23-24,32-33H,5-11,15-16H2,1-4H3/t23-,24-,27-,28-/m1/s1. The van der Waals surface area contributed by atoms with E-state index in [0.29, 0.717) is 17.3 Å². The van der Waals surface area contributed by atoms with Crippen LogP contribution in [0.2, 0.25) is 0 Å². The average Bonchev–Trinajstić information content (AvgIpc) is 3.56. The van der Waals surface area contributed by atoms with Crippen molar-refractivity contribution >= 4 is 11.9 Å². The molecular weight excluding hydrogens is 494 g/mol. The lowest BCUT2D eigenvalue weighted by atomic mass is 9.77. The molecule has 0 bridgehead atoms. The van der Waals surface area contributed by atoms with Crippen molar-refractivity contribution in [3.63, 3.8) is 0 Å². The van der Waals surface area contributed by atoms with E-state index < -0.39 is 41.2 Å². The highest BCUT2D eigenvalue weighted by Gasteiger charge is 2.59. The molecule has 208 valence electrons. The van der Waals surface area contributed by atoms with Crippen LogP contribution in [0.15, 0.2) is 24.0 Å². The third kappa shape index (κ3) is 4.63. The lowest BCUT2D eigenvalue weighted by Gasteiger charge is -2.39. The Labute approximate surface area is 222 Å². The summed E-state index contributed by atoms with van der Waals surface area (Å²) in [6.07, 6.45) is 3.18. The highest BCUT2D eigenvalue weighted by molar-refractivity contribution is 5.86. The van der Waals surface area contributed by atoms with Gasteiger partial charge in [0, 0.05) is 6.54 Å². The molecule has 3 aliphatic heterocycles. The third-order valence-electron chi connectivity index (χ3n) is 8.39. The maximum atomic E-state index is 13.7. The minimum atomic E-state index is -2.18. The molecule has 2 N–H and O–H groups in total. The molecule has 1 saturated heterocycles. The second-order valence-corrected chi connectivity index (χ2v) is 11.4. The maximum Gasteiger partial charge on any atom is 0.339 e. The molecule has 0 amide bonds. The van der Waals surface area contributed by atoms with Crippen LogP contribution in [0.1, 0.15) is 63.0 Å². The zero-order valence-electron chi connectivity index (χ0n) is 22.5. The summed E-state index contributed by atoms with van der Waals surface area (Å²) >= 11 is 0. The van der Waals surface area contributed by atoms with Crippen molar-refractivity contribution in [2.75, 3.05) is 34.1 Å². The SMILES string of the molecule is COC(=O)C[C@](O)(CCC(C)(C)O)C(=O)O[C@@H]1C(OC)=C[C@@]23CCCN2CCc2cc4c(cc2[C@H]13)OCO4. The number of carbonyl (C=O) groups is 2. The summed E-state index contributed by atoms with van der Waals surface area (Å²) in [5.41, 5.74) is -1.69. The molecule has 3 heterocycles. The summed E-state index contributed by atoms with van der Waals surface area (Å²) in [6, 6.07) is 3.99. The molecule has 1 aromatic carbocycles. The number of aliphatic hydroxyl groups is 2. The Balaban J connectivity index is 1.53. The quantitative estimate of drug-likeness (QED) is 0.483. The van der Waals surface area contributed by atoms with E-state index in [-0.39, 0.29) is 25.6 Å². The van der Waals surface area contributed by atoms with Gasteiger partial charge in [-0.15, -0.1) is 0 Å². The van der Waals surface area contributed by atoms with Gasteiger partial charge in [-0.1, -0.05) is 0 Å². The van der Waals surface area contributed by atoms with Gasteiger partial charge in [-0.25, -0.2) is 4.79 Å². The molecule has 10 heteroatoms. The molecule has 0 unspecified atom stereocenters. The fourth-order valence-corrected chi connectivity index (χ4v) is 6.41. The second-order valence-electron chi connectivity index (χ2n) is 11.4. The molecule has 5 rings (SSSR count). The van der Waals surface area contributed by atoms with E-state index in [2.05, 4.69) is 11.0 Å². The van der Waals surface area contributed by atoms with Gasteiger partial charge in [0.1, 0.15) is 5.76 Å². The van der Waals surface area contributed by atoms with E-state index in [1.165, 1.54) is 7.11 Å². The Morgan fingerprint density at radius 1 is 1.13 bits per heavy atom. The van der Waals surface area contributed by atoms with E-state index in [9.17, 15) is 19.8 Å². The Kier molecular flexibility index (Phi) is 6.86. The summed E-state index contributed by atoms with van der Waals surface area (Å²) in [5.74, 6) is -0.163. The van der Waals surface area contributed by atoms with Crippen molar-refractivity contribution in [3.05, 3.63) is 35.1 Å². The van der Waals surface area contributed by atoms with Crippen molar-refractivity contribution in [3.8, 4) is 11.5 Å². The van der Waals surface area contributed by atoms with Crippen molar-refractivity contribution in [1.82, 2.24) is 4.90 Å². The van der Waals surface area contributed by atoms with Gasteiger partial charge in [-0.3, -0.25) is 9.69 Å². The Morgan fingerprint density at radius 2 is 1.87 bits per heavy atom. The lowest BCUT2D eigenvalue weighted by Crippen LogP contribution is -2.49. The highest BCUT2D eigenvalue weighted by Crippen LogP contribution is 2.55. The van der Waals surface area contributed by atoms with Gasteiger partial charge < -0.3 is 33.9 Å². The summed E-state index contributed by atoms with van der Waals surface area (Å²) in [4.78, 5) is 28.3. The van der Waals surface area contributed by atoms with Crippen LogP contribution in [0.5, 0.6) is 11.5 Å². The first-order valence-electron chi connectivity index (χ1n) is 13.2. The molecule has 0 saturated carbocycles. The molecule has 1 aliphatic carbocycles. The zero-order valence-corrected chi connectivity index (χ0v) is 22.5. The second kappa shape index (κ2) is 9.73. The number of fused-ring (bicyclic) bond motifs is 3. The number of hydrogen-bond acceptors (Lipinski definition) is 10. The van der Waals surface area contributed by atoms with Crippen molar-refractivity contribution in [2.45, 2.75) is 81.1 Å². The summed E-state index contributed by atoms with van der Waals surface area (Å²) < 4.78 is 28.0. The van der Waals surface area contributed by atoms with Gasteiger partial charge in [0.25, 0.3) is 0 Å². The minimum absolute atomic E-state index is 0.0701. The smallest absolute Gasteiger partial charge is 0.339 e. The van der Waals surface area contributed by atoms with E-state index >= 15 is 0 Å². The molecule has 1 fully saturated rings. The number of esters is 2. The van der Waals surface area contributed by atoms with Gasteiger partial charge in [-0.2, -0.15) is 0 Å². The number of hydrogen-bond donors (Lipinski definition) is 2. The number of nitrogens with zero attached hydrogens (tertiary/aromatic N) is 1. The molecule has 1 aromatic rings. The summed E-state index contributed by atoms with van der Waals surface area (Å²) in [5, 5.41) is 21.7. The van der Waals surface area contributed by atoms with Gasteiger partial charge in [0.15, 0.2) is 23.2 Å². The van der Waals surface area contributed by atoms with Crippen LogP contribution < -0.4 is 9.47 Å². The van der Waals surface area contributed by atoms with E-state index in [4.69, 9.17) is 23.7 Å². The van der Waals surface area contributed by atoms with Crippen LogP contribution in [0.4, 0.5) is 0 Å². The Hall–Kier alpha value is -2.82. The van der Waals surface area contributed by atoms with Crippen LogP contribution in [-0.2, 0) is 30.2 Å². The molecule has 4 aliphatic rings. The van der Waals surface area contributed by atoms with Crippen LogP contribution in [0, 0.1) is 0 Å². The maximum absolute atomic E-state index is 13.7. The van der Waals surface area contributed by atoms with Crippen LogP contribution in [0.3, 0.4) is 0 Å². The average molecular weight is 532 g/mol. The van der Waals surface area contributed by atoms with Gasteiger partial charge in [-0.05, 0) is 81.8 Å². The van der Waals surface area contributed by atoms with E-state index in [0.717, 1.165) is 43.5 Å². The molecule has 38 heavy (non-hydrogen) atoms. The van der Waals surface area contributed by atoms with E-state index in [1.807, 2.05) is 12.1 Å². The minimum Gasteiger partial charge on any atom is -0.497 e. The normalized spacial score (nSPS) is 27.4. The first kappa shape index (κ1) is 26.8. The highest BCUT2D eigenvalue weighted by atomic mass is 16.7. The van der Waals surface area contributed by atoms with Gasteiger partial charge in [0.05, 0.1) is 37.7 Å². The van der Waals surface area contributed by atoms with Crippen LogP contribution >= 0.6 is 0 Å². The summed E-state index contributed by atoms with van der Waals surface area (Å²) in [7, 11) is 2.74. The number of rotatable bonds is 8. The Bertz CT molecular complexity index is 1140. The van der Waals surface area contributed by atoms with Gasteiger partial charge >= 0.3 is 11.9 Å². The first-order chi connectivity index (χ1) is 18.0. The van der Waals surface area contributed by atoms with Crippen LogP contribution in [-0.4, -0.2) is 84.0 Å². The fraction of sp³-hybridized carbons (Fsp3) is 0.643. The van der Waals surface area contributed by atoms with Crippen molar-refractivity contribution < 1.29 is 43.5 Å². The fourth-order valence-electron chi connectivity index (χ4n) is 6.41. The number of methoxy groups -OCH3 is 2. The lowest BCUT2D eigenvalue weighted by molar-refractivity contribution is -0.179. The van der Waals surface area contributed by atoms with E-state index in [1.54, 1.807) is 21.0 Å². The Morgan fingerprint density at radius 3 is 2.55 bits per heavy atom. The molecule has 1 spiro atoms. The topological polar surface area (TPSA) is 124 Å². The van der Waals surface area contributed by atoms with Crippen molar-refractivity contribution in [2.24, 2.45) is 0 Å². The monoisotopic (exact) mass is 531 g/mol. The summed E-state index contributed by atoms with van der Waals surface area (Å²) in [6.45, 7) is 5.04. The van der Waals surface area contributed by atoms with Gasteiger partial charge in [0.2, 0.25) is 6.79 Å². The number of carbonyl (C=O) groups excluding carboxylic acids is 2. The first-order valence-corrected chi connectivity index (χ1v) is 13.2. The van der Waals surface area contributed by atoms with Crippen LogP contribution in [0.25, 0.3) is 0 Å². The number of ether oxygens (including phenoxy) is 5. The molecule has 0 radical (unpaired) electrons. The molecular formula is C28H37NO9. The predicted octanol–water partition coefficient (Wildman–Crippen LogP) is 2.19. The zero-order chi connectivity index (χ0) is 27.3. The predicted molar refractivity (Wildman–Crippen MR) is 135 cm³/mol. The van der Waals surface area contributed by atoms with Crippen molar-refractivity contribution in [1.29, 1.82) is 0 Å². The molecule has 0 aromatic heterocycles. The number of benzene rings is 1. The molecule has 4 atom stereocenters. The third-order valence-corrected chi connectivity index (χ3v) is 8.39.